The van der Waals surface area contributed by atoms with Gasteiger partial charge in [-0.25, -0.2) is 0 Å². The van der Waals surface area contributed by atoms with Crippen molar-refractivity contribution in [3.8, 4) is 0 Å². The van der Waals surface area contributed by atoms with Crippen LogP contribution in [0.2, 0.25) is 0 Å². The summed E-state index contributed by atoms with van der Waals surface area (Å²) in [7, 11) is 0. The zero-order valence-electron chi connectivity index (χ0n) is 21.1. The van der Waals surface area contributed by atoms with E-state index in [1.165, 1.54) is 28.5 Å². The van der Waals surface area contributed by atoms with Crippen molar-refractivity contribution in [1.29, 1.82) is 5.41 Å². The van der Waals surface area contributed by atoms with Crippen molar-refractivity contribution in [2.45, 2.75) is 46.1 Å². The lowest BCUT2D eigenvalue weighted by Crippen LogP contribution is -2.16. The number of fused-ring (bicyclic) bond motifs is 1. The molecule has 180 valence electrons. The van der Waals surface area contributed by atoms with Gasteiger partial charge in [-0.15, -0.1) is 0 Å². The van der Waals surface area contributed by atoms with Crippen LogP contribution in [-0.2, 0) is 6.42 Å². The summed E-state index contributed by atoms with van der Waals surface area (Å²) in [5, 5.41) is 15.1. The third-order valence-corrected chi connectivity index (χ3v) is 6.47. The quantitative estimate of drug-likeness (QED) is 0.260. The minimum Gasteiger partial charge on any atom is -0.384 e. The molecule has 1 aliphatic rings. The van der Waals surface area contributed by atoms with Crippen molar-refractivity contribution in [1.82, 2.24) is 10.3 Å². The Labute approximate surface area is 209 Å². The molecule has 0 fully saturated rings. The molecule has 1 heterocycles. The number of nitrogens with one attached hydrogen (secondary N) is 3. The lowest BCUT2D eigenvalue weighted by molar-refractivity contribution is 0.530. The number of aromatic nitrogens is 1. The third kappa shape index (κ3) is 5.89. The van der Waals surface area contributed by atoms with Crippen molar-refractivity contribution in [2.75, 3.05) is 11.9 Å². The summed E-state index contributed by atoms with van der Waals surface area (Å²) in [4.78, 5) is 4.68. The van der Waals surface area contributed by atoms with E-state index in [2.05, 4.69) is 97.6 Å². The Bertz CT molecular complexity index is 1220. The smallest absolute Gasteiger partial charge is 0.0855 e. The zero-order valence-corrected chi connectivity index (χ0v) is 21.1. The molecule has 4 rings (SSSR count). The Hall–Kier alpha value is -3.66. The summed E-state index contributed by atoms with van der Waals surface area (Å²) in [6.45, 7) is 11.6. The van der Waals surface area contributed by atoms with E-state index in [1.807, 2.05) is 12.3 Å². The Balaban J connectivity index is 1.55. The summed E-state index contributed by atoms with van der Waals surface area (Å²) < 4.78 is 0. The van der Waals surface area contributed by atoms with Crippen LogP contribution in [0.4, 0.5) is 5.69 Å². The monoisotopic (exact) mass is 464 g/mol. The van der Waals surface area contributed by atoms with E-state index in [0.29, 0.717) is 5.92 Å². The lowest BCUT2D eigenvalue weighted by Gasteiger charge is -2.24. The van der Waals surface area contributed by atoms with Gasteiger partial charge < -0.3 is 16.0 Å². The molecular formula is C31H36N4. The van der Waals surface area contributed by atoms with Gasteiger partial charge in [0.2, 0.25) is 0 Å². The Morgan fingerprint density at radius 3 is 2.66 bits per heavy atom. The minimum atomic E-state index is 0.105. The SMILES string of the molecule is C=C(NCCC)c1ccc(C(CC(C)C)Nc2ccc(C3=Cc4ccccc4C3)cc2C=N)cn1. The summed E-state index contributed by atoms with van der Waals surface area (Å²) in [6.07, 6.45) is 8.63. The summed E-state index contributed by atoms with van der Waals surface area (Å²) in [6, 6.07) is 19.2. The van der Waals surface area contributed by atoms with Crippen LogP contribution >= 0.6 is 0 Å². The molecule has 0 amide bonds. The normalized spacial score (nSPS) is 13.2. The molecule has 0 spiro atoms. The van der Waals surface area contributed by atoms with Gasteiger partial charge in [-0.2, -0.15) is 0 Å². The highest BCUT2D eigenvalue weighted by Gasteiger charge is 2.18. The highest BCUT2D eigenvalue weighted by atomic mass is 14.9. The summed E-state index contributed by atoms with van der Waals surface area (Å²) in [5.41, 5.74) is 9.88. The third-order valence-electron chi connectivity index (χ3n) is 6.47. The number of rotatable bonds is 11. The molecule has 1 unspecified atom stereocenters. The number of allylic oxidation sites excluding steroid dienone is 1. The first-order valence-corrected chi connectivity index (χ1v) is 12.6. The Kier molecular flexibility index (Phi) is 7.81. The van der Waals surface area contributed by atoms with Crippen molar-refractivity contribution in [2.24, 2.45) is 5.92 Å². The molecule has 0 bridgehead atoms. The predicted molar refractivity (Wildman–Crippen MR) is 150 cm³/mol. The van der Waals surface area contributed by atoms with E-state index < -0.39 is 0 Å². The maximum Gasteiger partial charge on any atom is 0.0855 e. The molecule has 0 radical (unpaired) electrons. The fourth-order valence-electron chi connectivity index (χ4n) is 4.57. The molecular weight excluding hydrogens is 428 g/mol. The van der Waals surface area contributed by atoms with Crippen molar-refractivity contribution < 1.29 is 0 Å². The standard InChI is InChI=1S/C31H36N4/c1-5-14-33-22(4)29-12-11-26(20-34-29)31(15-21(2)3)35-30-13-10-25(18-28(30)19-32)27-16-23-8-6-7-9-24(23)17-27/h6-13,16,18-21,31-33,35H,4-5,14-15,17H2,1-3H3. The van der Waals surface area contributed by atoms with Gasteiger partial charge in [-0.05, 0) is 71.2 Å². The Morgan fingerprint density at radius 1 is 1.14 bits per heavy atom. The number of hydrogen-bond donors (Lipinski definition) is 3. The van der Waals surface area contributed by atoms with E-state index in [1.54, 1.807) is 0 Å². The number of anilines is 1. The van der Waals surface area contributed by atoms with Crippen LogP contribution in [0.1, 0.15) is 73.2 Å². The average Bonchev–Trinajstić information content (AvgIpc) is 3.31. The lowest BCUT2D eigenvalue weighted by atomic mass is 9.96. The van der Waals surface area contributed by atoms with Gasteiger partial charge in [0.1, 0.15) is 0 Å². The number of pyridine rings is 1. The molecule has 3 N–H and O–H groups in total. The van der Waals surface area contributed by atoms with E-state index in [0.717, 1.165) is 54.0 Å². The zero-order chi connectivity index (χ0) is 24.8. The molecule has 1 atom stereocenters. The number of nitrogens with zero attached hydrogens (tertiary/aromatic N) is 1. The van der Waals surface area contributed by atoms with Crippen LogP contribution in [0, 0.1) is 11.3 Å². The maximum absolute atomic E-state index is 8.09. The Morgan fingerprint density at radius 2 is 1.97 bits per heavy atom. The largest absolute Gasteiger partial charge is 0.384 e. The second kappa shape index (κ2) is 11.2. The first-order chi connectivity index (χ1) is 17.0. The molecule has 1 aromatic heterocycles. The van der Waals surface area contributed by atoms with Crippen molar-refractivity contribution in [3.63, 3.8) is 0 Å². The highest BCUT2D eigenvalue weighted by molar-refractivity contribution is 5.93. The molecule has 2 aromatic carbocycles. The van der Waals surface area contributed by atoms with Gasteiger partial charge in [-0.3, -0.25) is 4.98 Å². The second-order valence-electron chi connectivity index (χ2n) is 9.70. The number of benzene rings is 2. The first-order valence-electron chi connectivity index (χ1n) is 12.6. The number of hydrogen-bond acceptors (Lipinski definition) is 4. The molecule has 0 saturated carbocycles. The van der Waals surface area contributed by atoms with Gasteiger partial charge in [-0.1, -0.05) is 69.8 Å². The van der Waals surface area contributed by atoms with Gasteiger partial charge in [0, 0.05) is 30.2 Å². The van der Waals surface area contributed by atoms with Crippen LogP contribution < -0.4 is 10.6 Å². The molecule has 3 aromatic rings. The van der Waals surface area contributed by atoms with E-state index in [-0.39, 0.29) is 6.04 Å². The van der Waals surface area contributed by atoms with E-state index in [9.17, 15) is 0 Å². The van der Waals surface area contributed by atoms with Crippen LogP contribution in [0.15, 0.2) is 67.4 Å². The second-order valence-corrected chi connectivity index (χ2v) is 9.70. The summed E-state index contributed by atoms with van der Waals surface area (Å²) >= 11 is 0. The van der Waals surface area contributed by atoms with E-state index >= 15 is 0 Å². The summed E-state index contributed by atoms with van der Waals surface area (Å²) in [5.74, 6) is 0.512. The molecule has 0 saturated heterocycles. The van der Waals surface area contributed by atoms with Gasteiger partial charge in [0.15, 0.2) is 0 Å². The predicted octanol–water partition coefficient (Wildman–Crippen LogP) is 7.35. The molecule has 4 nitrogen and oxygen atoms in total. The van der Waals surface area contributed by atoms with Crippen LogP contribution in [-0.4, -0.2) is 17.7 Å². The first kappa shape index (κ1) is 24.5. The average molecular weight is 465 g/mol. The maximum atomic E-state index is 8.09. The van der Waals surface area contributed by atoms with Crippen LogP contribution in [0.3, 0.4) is 0 Å². The fourth-order valence-corrected chi connectivity index (χ4v) is 4.57. The van der Waals surface area contributed by atoms with Crippen LogP contribution in [0.5, 0.6) is 0 Å². The molecule has 4 heteroatoms. The van der Waals surface area contributed by atoms with Gasteiger partial charge in [0.25, 0.3) is 0 Å². The topological polar surface area (TPSA) is 60.8 Å². The minimum absolute atomic E-state index is 0.105. The molecule has 1 aliphatic carbocycles. The molecule has 0 aliphatic heterocycles. The van der Waals surface area contributed by atoms with Crippen molar-refractivity contribution in [3.05, 3.63) is 101 Å². The van der Waals surface area contributed by atoms with Gasteiger partial charge >= 0.3 is 0 Å². The van der Waals surface area contributed by atoms with Crippen LogP contribution in [0.25, 0.3) is 17.3 Å². The van der Waals surface area contributed by atoms with Gasteiger partial charge in [0.05, 0.1) is 17.4 Å². The van der Waals surface area contributed by atoms with E-state index in [4.69, 9.17) is 5.41 Å². The van der Waals surface area contributed by atoms with Crippen molar-refractivity contribution >= 4 is 29.2 Å². The molecule has 35 heavy (non-hydrogen) atoms. The fraction of sp³-hybridized carbons (Fsp3) is 0.290. The highest BCUT2D eigenvalue weighted by Crippen LogP contribution is 2.34.